The van der Waals surface area contributed by atoms with Gasteiger partial charge >= 0.3 is 5.97 Å². The van der Waals surface area contributed by atoms with Crippen LogP contribution >= 0.6 is 0 Å². The molecule has 5 rings (SSSR count). The Morgan fingerprint density at radius 3 is 2.81 bits per heavy atom. The lowest BCUT2D eigenvalue weighted by molar-refractivity contribution is 0.0698. The van der Waals surface area contributed by atoms with Gasteiger partial charge in [-0.05, 0) is 25.2 Å². The number of rotatable bonds is 4. The molecule has 2 atom stereocenters. The first-order valence-corrected chi connectivity index (χ1v) is 8.69. The molecular weight excluding hydrogens is 332 g/mol. The molecular formula is C18H18N6O2. The highest BCUT2D eigenvalue weighted by Gasteiger charge is 2.45. The number of carboxylic acid groups (broad SMARTS) is 1. The van der Waals surface area contributed by atoms with Gasteiger partial charge in [0, 0.05) is 42.9 Å². The van der Waals surface area contributed by atoms with Crippen molar-refractivity contribution < 1.29 is 9.90 Å². The second-order valence-corrected chi connectivity index (χ2v) is 7.18. The number of carboxylic acids is 1. The average Bonchev–Trinajstić information content (AvgIpc) is 3.08. The second kappa shape index (κ2) is 5.48. The molecule has 8 nitrogen and oxygen atoms in total. The van der Waals surface area contributed by atoms with Gasteiger partial charge in [0.15, 0.2) is 0 Å². The monoisotopic (exact) mass is 350 g/mol. The Bertz CT molecular complexity index is 1020. The molecule has 1 saturated heterocycles. The van der Waals surface area contributed by atoms with Gasteiger partial charge in [-0.15, -0.1) is 0 Å². The van der Waals surface area contributed by atoms with Crippen molar-refractivity contribution in [2.45, 2.75) is 19.9 Å². The molecule has 2 unspecified atom stereocenters. The second-order valence-electron chi connectivity index (χ2n) is 7.18. The zero-order chi connectivity index (χ0) is 17.8. The fourth-order valence-corrected chi connectivity index (χ4v) is 3.85. The molecule has 3 aromatic rings. The fraction of sp³-hybridized carbons (Fsp3) is 0.389. The molecule has 0 bridgehead atoms. The third-order valence-electron chi connectivity index (χ3n) is 5.44. The van der Waals surface area contributed by atoms with Gasteiger partial charge < -0.3 is 14.6 Å². The van der Waals surface area contributed by atoms with E-state index >= 15 is 0 Å². The van der Waals surface area contributed by atoms with Crippen LogP contribution in [0.1, 0.15) is 28.0 Å². The van der Waals surface area contributed by atoms with Crippen LogP contribution in [0.15, 0.2) is 24.9 Å². The highest BCUT2D eigenvalue weighted by molar-refractivity contribution is 6.02. The van der Waals surface area contributed by atoms with E-state index in [0.717, 1.165) is 42.1 Å². The van der Waals surface area contributed by atoms with Crippen molar-refractivity contribution in [2.24, 2.45) is 11.8 Å². The molecule has 1 aliphatic heterocycles. The van der Waals surface area contributed by atoms with Crippen molar-refractivity contribution in [2.75, 3.05) is 18.0 Å². The number of carbonyl (C=O) groups is 1. The molecule has 1 N–H and O–H groups in total. The molecule has 3 aromatic heterocycles. The van der Waals surface area contributed by atoms with Gasteiger partial charge in [-0.2, -0.15) is 0 Å². The normalized spacial score (nSPS) is 21.2. The van der Waals surface area contributed by atoms with E-state index in [2.05, 4.69) is 24.8 Å². The number of aromatic carboxylic acids is 1. The molecule has 0 amide bonds. The summed E-state index contributed by atoms with van der Waals surface area (Å²) in [4.78, 5) is 31.1. The van der Waals surface area contributed by atoms with Crippen molar-refractivity contribution in [3.63, 3.8) is 0 Å². The van der Waals surface area contributed by atoms with Gasteiger partial charge in [-0.1, -0.05) is 0 Å². The van der Waals surface area contributed by atoms with Crippen LogP contribution in [0.3, 0.4) is 0 Å². The minimum absolute atomic E-state index is 0.201. The number of aromatic nitrogens is 5. The largest absolute Gasteiger partial charge is 0.478 e. The van der Waals surface area contributed by atoms with E-state index < -0.39 is 5.97 Å². The average molecular weight is 350 g/mol. The molecule has 2 fully saturated rings. The highest BCUT2D eigenvalue weighted by Crippen LogP contribution is 2.45. The zero-order valence-corrected chi connectivity index (χ0v) is 14.3. The molecule has 1 aliphatic carbocycles. The maximum absolute atomic E-state index is 11.5. The summed E-state index contributed by atoms with van der Waals surface area (Å²) in [5.74, 6) is 1.47. The smallest absolute Gasteiger partial charge is 0.337 e. The zero-order valence-electron chi connectivity index (χ0n) is 14.3. The van der Waals surface area contributed by atoms with Crippen molar-refractivity contribution in [3.05, 3.63) is 41.7 Å². The number of aryl methyl sites for hydroxylation is 1. The Balaban J connectivity index is 1.46. The third-order valence-corrected chi connectivity index (χ3v) is 5.44. The van der Waals surface area contributed by atoms with Crippen LogP contribution in [-0.4, -0.2) is 48.7 Å². The van der Waals surface area contributed by atoms with Gasteiger partial charge in [-0.3, -0.25) is 0 Å². The molecule has 132 valence electrons. The maximum atomic E-state index is 11.5. The van der Waals surface area contributed by atoms with Gasteiger partial charge in [0.2, 0.25) is 5.95 Å². The summed E-state index contributed by atoms with van der Waals surface area (Å²) < 4.78 is 1.82. The number of fused-ring (bicyclic) bond motifs is 2. The van der Waals surface area contributed by atoms with E-state index in [9.17, 15) is 9.90 Å². The van der Waals surface area contributed by atoms with Crippen LogP contribution in [0.25, 0.3) is 11.0 Å². The molecule has 2 aliphatic rings. The molecule has 1 saturated carbocycles. The lowest BCUT2D eigenvalue weighted by Gasteiger charge is -2.18. The first-order chi connectivity index (χ1) is 12.6. The summed E-state index contributed by atoms with van der Waals surface area (Å²) >= 11 is 0. The first kappa shape index (κ1) is 15.2. The summed E-state index contributed by atoms with van der Waals surface area (Å²) in [6.45, 7) is 4.56. The molecule has 4 heterocycles. The lowest BCUT2D eigenvalue weighted by atomic mass is 10.2. The van der Waals surface area contributed by atoms with Crippen molar-refractivity contribution >= 4 is 23.0 Å². The number of piperidine rings is 1. The van der Waals surface area contributed by atoms with E-state index in [1.54, 1.807) is 6.20 Å². The summed E-state index contributed by atoms with van der Waals surface area (Å²) in [6.07, 6.45) is 7.75. The van der Waals surface area contributed by atoms with Crippen LogP contribution in [0.5, 0.6) is 0 Å². The van der Waals surface area contributed by atoms with Gasteiger partial charge in [0.1, 0.15) is 12.0 Å². The predicted molar refractivity (Wildman–Crippen MR) is 94.2 cm³/mol. The molecule has 0 radical (unpaired) electrons. The third kappa shape index (κ3) is 2.40. The van der Waals surface area contributed by atoms with Crippen LogP contribution in [-0.2, 0) is 6.54 Å². The summed E-state index contributed by atoms with van der Waals surface area (Å²) in [5, 5.41) is 9.93. The van der Waals surface area contributed by atoms with E-state index in [1.807, 2.05) is 17.7 Å². The summed E-state index contributed by atoms with van der Waals surface area (Å²) in [5.41, 5.74) is 2.65. The van der Waals surface area contributed by atoms with Crippen LogP contribution < -0.4 is 4.90 Å². The van der Waals surface area contributed by atoms with E-state index in [4.69, 9.17) is 0 Å². The minimum Gasteiger partial charge on any atom is -0.478 e. The highest BCUT2D eigenvalue weighted by atomic mass is 16.4. The Hall–Kier alpha value is -3.03. The topological polar surface area (TPSA) is 97.0 Å². The van der Waals surface area contributed by atoms with Gasteiger partial charge in [0.05, 0.1) is 17.5 Å². The Labute approximate surface area is 149 Å². The fourth-order valence-electron chi connectivity index (χ4n) is 3.85. The molecule has 8 heteroatoms. The quantitative estimate of drug-likeness (QED) is 0.765. The van der Waals surface area contributed by atoms with Gasteiger partial charge in [-0.25, -0.2) is 24.7 Å². The maximum Gasteiger partial charge on any atom is 0.337 e. The minimum atomic E-state index is -0.987. The van der Waals surface area contributed by atoms with Crippen LogP contribution in [0.4, 0.5) is 5.95 Å². The van der Waals surface area contributed by atoms with E-state index in [0.29, 0.717) is 17.6 Å². The summed E-state index contributed by atoms with van der Waals surface area (Å²) in [6, 6.07) is 0. The molecule has 0 aromatic carbocycles. The van der Waals surface area contributed by atoms with Crippen molar-refractivity contribution in [3.8, 4) is 0 Å². The van der Waals surface area contributed by atoms with Crippen molar-refractivity contribution in [1.29, 1.82) is 0 Å². The predicted octanol–water partition coefficient (Wildman–Crippen LogP) is 1.73. The Morgan fingerprint density at radius 2 is 2.08 bits per heavy atom. The van der Waals surface area contributed by atoms with Crippen LogP contribution in [0, 0.1) is 18.8 Å². The number of anilines is 1. The molecule has 26 heavy (non-hydrogen) atoms. The van der Waals surface area contributed by atoms with Crippen molar-refractivity contribution in [1.82, 2.24) is 24.5 Å². The number of hydrogen-bond acceptors (Lipinski definition) is 6. The number of hydrogen-bond donors (Lipinski definition) is 1. The van der Waals surface area contributed by atoms with E-state index in [1.165, 1.54) is 18.9 Å². The SMILES string of the molecule is Cc1nc(N2CC3CC3C2)ncc1Cn1cc(C(=O)O)c2cncnc21. The van der Waals surface area contributed by atoms with Gasteiger partial charge in [0.25, 0.3) is 0 Å². The first-order valence-electron chi connectivity index (χ1n) is 8.69. The summed E-state index contributed by atoms with van der Waals surface area (Å²) in [7, 11) is 0. The molecule has 0 spiro atoms. The standard InChI is InChI=1S/C18H18N6O2/c1-10-13(3-20-18(22-10)24-5-11-2-12(11)6-24)7-23-8-15(17(25)26)14-4-19-9-21-16(14)23/h3-4,8-9,11-12H,2,5-7H2,1H3,(H,25,26). The number of nitrogens with zero attached hydrogens (tertiary/aromatic N) is 6. The Morgan fingerprint density at radius 1 is 1.27 bits per heavy atom. The lowest BCUT2D eigenvalue weighted by Crippen LogP contribution is -2.24. The van der Waals surface area contributed by atoms with Crippen LogP contribution in [0.2, 0.25) is 0 Å². The van der Waals surface area contributed by atoms with E-state index in [-0.39, 0.29) is 5.56 Å². The Kier molecular flexibility index (Phi) is 3.22.